The molecule has 0 spiro atoms. The van der Waals surface area contributed by atoms with E-state index in [9.17, 15) is 0 Å². The van der Waals surface area contributed by atoms with Crippen molar-refractivity contribution in [3.63, 3.8) is 0 Å². The van der Waals surface area contributed by atoms with E-state index in [0.29, 0.717) is 6.42 Å². The summed E-state index contributed by atoms with van der Waals surface area (Å²) in [7, 11) is 0. The number of halogens is 1. The Morgan fingerprint density at radius 3 is 2.77 bits per heavy atom. The Bertz CT molecular complexity index is 328. The zero-order valence-electron chi connectivity index (χ0n) is 7.26. The molecule has 1 aromatic carbocycles. The number of nitrogens with two attached hydrogens (primary N) is 1. The highest BCUT2D eigenvalue weighted by Gasteiger charge is 2.01. The van der Waals surface area contributed by atoms with E-state index in [4.69, 9.17) is 11.0 Å². The Morgan fingerprint density at radius 2 is 2.15 bits per heavy atom. The number of hydrogen-bond donors (Lipinski definition) is 1. The molecule has 2 N–H and O–H groups in total. The summed E-state index contributed by atoms with van der Waals surface area (Å²) >= 11 is 3.40. The molecule has 0 atom stereocenters. The summed E-state index contributed by atoms with van der Waals surface area (Å²) in [5.41, 5.74) is 8.80. The van der Waals surface area contributed by atoms with E-state index < -0.39 is 0 Å². The van der Waals surface area contributed by atoms with Crippen molar-refractivity contribution in [2.24, 2.45) is 0 Å². The van der Waals surface area contributed by atoms with Crippen LogP contribution in [0.3, 0.4) is 0 Å². The Labute approximate surface area is 86.5 Å². The average molecular weight is 239 g/mol. The second kappa shape index (κ2) is 4.88. The van der Waals surface area contributed by atoms with Crippen LogP contribution in [0.15, 0.2) is 18.2 Å². The number of nitriles is 1. The van der Waals surface area contributed by atoms with Crippen LogP contribution in [-0.4, -0.2) is 0 Å². The fourth-order valence-corrected chi connectivity index (χ4v) is 1.73. The lowest BCUT2D eigenvalue weighted by molar-refractivity contribution is 0.995. The number of alkyl halides is 1. The van der Waals surface area contributed by atoms with Gasteiger partial charge in [0.25, 0.3) is 0 Å². The smallest absolute Gasteiger partial charge is 0.0625 e. The predicted molar refractivity (Wildman–Crippen MR) is 57.4 cm³/mol. The van der Waals surface area contributed by atoms with Crippen molar-refractivity contribution >= 4 is 21.6 Å². The van der Waals surface area contributed by atoms with Crippen molar-refractivity contribution in [2.75, 3.05) is 5.73 Å². The number of rotatable bonds is 3. The largest absolute Gasteiger partial charge is 0.399 e. The summed E-state index contributed by atoms with van der Waals surface area (Å²) < 4.78 is 0. The monoisotopic (exact) mass is 238 g/mol. The van der Waals surface area contributed by atoms with E-state index in [0.717, 1.165) is 17.4 Å². The van der Waals surface area contributed by atoms with Gasteiger partial charge in [-0.25, -0.2) is 0 Å². The van der Waals surface area contributed by atoms with E-state index in [2.05, 4.69) is 22.0 Å². The molecule has 1 aromatic rings. The first-order valence-corrected chi connectivity index (χ1v) is 5.20. The Balaban J connectivity index is 2.87. The van der Waals surface area contributed by atoms with Crippen LogP contribution in [0.2, 0.25) is 0 Å². The molecular formula is C10H11BrN2. The zero-order chi connectivity index (χ0) is 9.68. The molecule has 0 unspecified atom stereocenters. The number of benzene rings is 1. The molecule has 0 aliphatic carbocycles. The first-order valence-electron chi connectivity index (χ1n) is 4.08. The van der Waals surface area contributed by atoms with Gasteiger partial charge in [-0.1, -0.05) is 22.0 Å². The van der Waals surface area contributed by atoms with Gasteiger partial charge in [-0.15, -0.1) is 0 Å². The minimum absolute atomic E-state index is 0.559. The van der Waals surface area contributed by atoms with Gasteiger partial charge in [-0.05, 0) is 29.7 Å². The molecule has 0 aromatic heterocycles. The topological polar surface area (TPSA) is 49.8 Å². The maximum Gasteiger partial charge on any atom is 0.0625 e. The summed E-state index contributed by atoms with van der Waals surface area (Å²) in [5, 5.41) is 9.25. The molecule has 13 heavy (non-hydrogen) atoms. The molecule has 3 heteroatoms. The number of aryl methyl sites for hydroxylation is 1. The van der Waals surface area contributed by atoms with Crippen molar-refractivity contribution in [3.05, 3.63) is 29.3 Å². The highest BCUT2D eigenvalue weighted by atomic mass is 79.9. The highest BCUT2D eigenvalue weighted by molar-refractivity contribution is 9.08. The van der Waals surface area contributed by atoms with Crippen molar-refractivity contribution in [3.8, 4) is 6.07 Å². The SMILES string of the molecule is N#CCCc1ccc(N)cc1CBr. The lowest BCUT2D eigenvalue weighted by Gasteiger charge is -2.05. The van der Waals surface area contributed by atoms with Crippen LogP contribution in [0, 0.1) is 11.3 Å². The lowest BCUT2D eigenvalue weighted by atomic mass is 10.0. The molecule has 68 valence electrons. The number of anilines is 1. The average Bonchev–Trinajstić information content (AvgIpc) is 2.16. The van der Waals surface area contributed by atoms with E-state index in [1.165, 1.54) is 11.1 Å². The van der Waals surface area contributed by atoms with Gasteiger partial charge in [-0.2, -0.15) is 5.26 Å². The van der Waals surface area contributed by atoms with Crippen LogP contribution in [0.5, 0.6) is 0 Å². The Hall–Kier alpha value is -1.01. The molecule has 0 radical (unpaired) electrons. The van der Waals surface area contributed by atoms with Crippen LogP contribution < -0.4 is 5.73 Å². The molecule has 0 aliphatic heterocycles. The molecule has 0 saturated heterocycles. The quantitative estimate of drug-likeness (QED) is 0.651. The van der Waals surface area contributed by atoms with Crippen LogP contribution in [0.1, 0.15) is 17.5 Å². The summed E-state index contributed by atoms with van der Waals surface area (Å²) in [6, 6.07) is 7.94. The predicted octanol–water partition coefficient (Wildman–Crippen LogP) is 2.62. The Kier molecular flexibility index (Phi) is 3.78. The third-order valence-corrected chi connectivity index (χ3v) is 2.48. The minimum Gasteiger partial charge on any atom is -0.399 e. The van der Waals surface area contributed by atoms with Gasteiger partial charge in [0.15, 0.2) is 0 Å². The van der Waals surface area contributed by atoms with Gasteiger partial charge in [0.2, 0.25) is 0 Å². The molecule has 0 amide bonds. The van der Waals surface area contributed by atoms with E-state index in [1.807, 2.05) is 18.2 Å². The minimum atomic E-state index is 0.559. The van der Waals surface area contributed by atoms with Gasteiger partial charge in [0.05, 0.1) is 6.07 Å². The second-order valence-electron chi connectivity index (χ2n) is 2.82. The summed E-state index contributed by atoms with van der Waals surface area (Å²) in [5.74, 6) is 0. The molecule has 0 bridgehead atoms. The maximum atomic E-state index is 8.46. The van der Waals surface area contributed by atoms with Crippen molar-refractivity contribution < 1.29 is 0 Å². The van der Waals surface area contributed by atoms with Crippen LogP contribution >= 0.6 is 15.9 Å². The van der Waals surface area contributed by atoms with Crippen molar-refractivity contribution in [1.82, 2.24) is 0 Å². The van der Waals surface area contributed by atoms with Crippen molar-refractivity contribution in [1.29, 1.82) is 5.26 Å². The van der Waals surface area contributed by atoms with Crippen molar-refractivity contribution in [2.45, 2.75) is 18.2 Å². The number of hydrogen-bond acceptors (Lipinski definition) is 2. The van der Waals surface area contributed by atoms with Gasteiger partial charge >= 0.3 is 0 Å². The second-order valence-corrected chi connectivity index (χ2v) is 3.38. The first-order chi connectivity index (χ1) is 6.27. The zero-order valence-corrected chi connectivity index (χ0v) is 8.84. The first kappa shape index (κ1) is 10.1. The van der Waals surface area contributed by atoms with E-state index in [-0.39, 0.29) is 0 Å². The third kappa shape index (κ3) is 2.74. The molecule has 1 rings (SSSR count). The van der Waals surface area contributed by atoms with Crippen LogP contribution in [0.4, 0.5) is 5.69 Å². The molecule has 0 aliphatic rings. The summed E-state index contributed by atoms with van der Waals surface area (Å²) in [4.78, 5) is 0. The van der Waals surface area contributed by atoms with Crippen LogP contribution in [-0.2, 0) is 11.8 Å². The fraction of sp³-hybridized carbons (Fsp3) is 0.300. The molecule has 0 saturated carbocycles. The van der Waals surface area contributed by atoms with Gasteiger partial charge < -0.3 is 5.73 Å². The standard InChI is InChI=1S/C10H11BrN2/c11-7-9-6-10(13)4-3-8(9)2-1-5-12/h3-4,6H,1-2,7,13H2. The number of nitrogen functional groups attached to an aromatic ring is 1. The lowest BCUT2D eigenvalue weighted by Crippen LogP contribution is -1.94. The van der Waals surface area contributed by atoms with Gasteiger partial charge in [0.1, 0.15) is 0 Å². The maximum absolute atomic E-state index is 8.46. The molecule has 0 fully saturated rings. The summed E-state index contributed by atoms with van der Waals surface area (Å²) in [6.45, 7) is 0. The third-order valence-electron chi connectivity index (χ3n) is 1.88. The van der Waals surface area contributed by atoms with E-state index in [1.54, 1.807) is 0 Å². The molecular weight excluding hydrogens is 228 g/mol. The molecule has 0 heterocycles. The Morgan fingerprint density at radius 1 is 1.38 bits per heavy atom. The van der Waals surface area contributed by atoms with Gasteiger partial charge in [0, 0.05) is 17.4 Å². The van der Waals surface area contributed by atoms with Crippen LogP contribution in [0.25, 0.3) is 0 Å². The summed E-state index contributed by atoms with van der Waals surface area (Å²) in [6.07, 6.45) is 1.36. The fourth-order valence-electron chi connectivity index (χ4n) is 1.20. The molecule has 2 nitrogen and oxygen atoms in total. The number of nitrogens with zero attached hydrogens (tertiary/aromatic N) is 1. The normalized spacial score (nSPS) is 9.54. The van der Waals surface area contributed by atoms with Gasteiger partial charge in [-0.3, -0.25) is 0 Å². The van der Waals surface area contributed by atoms with E-state index >= 15 is 0 Å². The highest BCUT2D eigenvalue weighted by Crippen LogP contribution is 2.17.